The summed E-state index contributed by atoms with van der Waals surface area (Å²) in [6.07, 6.45) is 2.48. The van der Waals surface area contributed by atoms with Crippen LogP contribution in [0.25, 0.3) is 5.69 Å². The zero-order valence-electron chi connectivity index (χ0n) is 9.25. The summed E-state index contributed by atoms with van der Waals surface area (Å²) in [7, 11) is 0. The number of hydrogen-bond donors (Lipinski definition) is 1. The first kappa shape index (κ1) is 11.1. The van der Waals surface area contributed by atoms with E-state index in [1.807, 2.05) is 6.92 Å². The van der Waals surface area contributed by atoms with Crippen molar-refractivity contribution in [1.29, 1.82) is 0 Å². The van der Waals surface area contributed by atoms with Gasteiger partial charge in [-0.25, -0.2) is 4.79 Å². The molecule has 2 aromatic rings. The van der Waals surface area contributed by atoms with Crippen LogP contribution in [0, 0.1) is 6.92 Å². The third-order valence-electron chi connectivity index (χ3n) is 2.62. The zero-order chi connectivity index (χ0) is 12.4. The minimum Gasteiger partial charge on any atom is -0.478 e. The number of carbonyl (C=O) groups excluding carboxylic acids is 1. The number of rotatable bonds is 3. The maximum Gasteiger partial charge on any atom is 0.335 e. The summed E-state index contributed by atoms with van der Waals surface area (Å²) in [5.74, 6) is -0.981. The quantitative estimate of drug-likeness (QED) is 0.821. The van der Waals surface area contributed by atoms with Gasteiger partial charge in [0.05, 0.1) is 11.3 Å². The summed E-state index contributed by atoms with van der Waals surface area (Å²) < 4.78 is 1.68. The highest BCUT2D eigenvalue weighted by atomic mass is 16.4. The summed E-state index contributed by atoms with van der Waals surface area (Å²) in [6, 6.07) is 8.26. The third-order valence-corrected chi connectivity index (χ3v) is 2.62. The number of aromatic nitrogens is 1. The highest BCUT2D eigenvalue weighted by Gasteiger charge is 2.09. The maximum absolute atomic E-state index is 10.9. The molecule has 0 spiro atoms. The van der Waals surface area contributed by atoms with E-state index in [4.69, 9.17) is 5.11 Å². The van der Waals surface area contributed by atoms with E-state index >= 15 is 0 Å². The number of carboxylic acids is 1. The molecule has 1 heterocycles. The number of aryl methyl sites for hydroxylation is 1. The van der Waals surface area contributed by atoms with E-state index in [-0.39, 0.29) is 5.56 Å². The van der Waals surface area contributed by atoms with Crippen LogP contribution in [0.3, 0.4) is 0 Å². The fraction of sp³-hybridized carbons (Fsp3) is 0.0769. The van der Waals surface area contributed by atoms with Crippen molar-refractivity contribution in [2.45, 2.75) is 6.92 Å². The number of nitrogens with zero attached hydrogens (tertiary/aromatic N) is 1. The van der Waals surface area contributed by atoms with Crippen molar-refractivity contribution in [1.82, 2.24) is 4.57 Å². The van der Waals surface area contributed by atoms with Gasteiger partial charge in [-0.3, -0.25) is 4.79 Å². The first-order valence-electron chi connectivity index (χ1n) is 5.10. The summed E-state index contributed by atoms with van der Waals surface area (Å²) in [5.41, 5.74) is 2.32. The molecule has 0 radical (unpaired) electrons. The molecule has 17 heavy (non-hydrogen) atoms. The summed E-state index contributed by atoms with van der Waals surface area (Å²) in [5, 5.41) is 8.95. The van der Waals surface area contributed by atoms with Crippen LogP contribution in [0.1, 0.15) is 26.4 Å². The van der Waals surface area contributed by atoms with Crippen molar-refractivity contribution in [3.8, 4) is 5.69 Å². The smallest absolute Gasteiger partial charge is 0.335 e. The maximum atomic E-state index is 10.9. The molecule has 0 saturated carbocycles. The van der Waals surface area contributed by atoms with E-state index in [0.29, 0.717) is 11.4 Å². The number of carboxylic acid groups (broad SMARTS) is 1. The van der Waals surface area contributed by atoms with Gasteiger partial charge >= 0.3 is 5.97 Å². The molecule has 0 aliphatic rings. The number of carbonyl (C=O) groups is 2. The van der Waals surface area contributed by atoms with Gasteiger partial charge in [-0.2, -0.15) is 0 Å². The Balaban J connectivity index is 2.62. The average Bonchev–Trinajstić information content (AvgIpc) is 2.77. The number of aromatic carboxylic acids is 1. The Morgan fingerprint density at radius 3 is 2.76 bits per heavy atom. The second kappa shape index (κ2) is 4.25. The fourth-order valence-corrected chi connectivity index (χ4v) is 1.71. The molecule has 86 valence electrons. The number of hydrogen-bond acceptors (Lipinski definition) is 2. The Morgan fingerprint density at radius 2 is 2.12 bits per heavy atom. The molecule has 0 amide bonds. The predicted octanol–water partition coefficient (Wildman–Crippen LogP) is 2.30. The molecule has 4 heteroatoms. The molecule has 0 fully saturated rings. The summed E-state index contributed by atoms with van der Waals surface area (Å²) >= 11 is 0. The van der Waals surface area contributed by atoms with Crippen LogP contribution in [-0.4, -0.2) is 21.9 Å². The molecule has 4 nitrogen and oxygen atoms in total. The van der Waals surface area contributed by atoms with Crippen LogP contribution in [0.15, 0.2) is 36.5 Å². The molecule has 0 saturated heterocycles. The Bertz CT molecular complexity index is 584. The van der Waals surface area contributed by atoms with Crippen molar-refractivity contribution >= 4 is 12.3 Å². The van der Waals surface area contributed by atoms with E-state index in [2.05, 4.69) is 0 Å². The second-order valence-electron chi connectivity index (χ2n) is 3.73. The lowest BCUT2D eigenvalue weighted by Crippen LogP contribution is -2.03. The Morgan fingerprint density at radius 1 is 1.35 bits per heavy atom. The highest BCUT2D eigenvalue weighted by molar-refractivity contribution is 5.88. The third kappa shape index (κ3) is 1.97. The predicted molar refractivity (Wildman–Crippen MR) is 62.9 cm³/mol. The van der Waals surface area contributed by atoms with Crippen LogP contribution < -0.4 is 0 Å². The molecule has 2 rings (SSSR count). The van der Waals surface area contributed by atoms with Gasteiger partial charge in [-0.15, -0.1) is 0 Å². The van der Waals surface area contributed by atoms with E-state index in [1.54, 1.807) is 41.1 Å². The van der Waals surface area contributed by atoms with Gasteiger partial charge in [0.2, 0.25) is 0 Å². The molecule has 1 aromatic heterocycles. The van der Waals surface area contributed by atoms with Crippen molar-refractivity contribution in [2.24, 2.45) is 0 Å². The van der Waals surface area contributed by atoms with Gasteiger partial charge in [0.1, 0.15) is 0 Å². The van der Waals surface area contributed by atoms with Gasteiger partial charge < -0.3 is 9.67 Å². The molecular formula is C13H11NO3. The van der Waals surface area contributed by atoms with Crippen LogP contribution in [0.2, 0.25) is 0 Å². The monoisotopic (exact) mass is 229 g/mol. The van der Waals surface area contributed by atoms with Crippen LogP contribution in [0.4, 0.5) is 0 Å². The molecule has 0 atom stereocenters. The minimum atomic E-state index is -0.981. The first-order chi connectivity index (χ1) is 8.13. The summed E-state index contributed by atoms with van der Waals surface area (Å²) in [6.45, 7) is 1.87. The van der Waals surface area contributed by atoms with Crippen LogP contribution >= 0.6 is 0 Å². The Kier molecular flexibility index (Phi) is 2.78. The van der Waals surface area contributed by atoms with Crippen molar-refractivity contribution in [2.75, 3.05) is 0 Å². The van der Waals surface area contributed by atoms with E-state index in [9.17, 15) is 9.59 Å². The van der Waals surface area contributed by atoms with Gasteiger partial charge in [0.15, 0.2) is 6.29 Å². The minimum absolute atomic E-state index is 0.205. The largest absolute Gasteiger partial charge is 0.478 e. The Hall–Kier alpha value is -2.36. The van der Waals surface area contributed by atoms with E-state index < -0.39 is 5.97 Å². The van der Waals surface area contributed by atoms with Crippen molar-refractivity contribution < 1.29 is 14.7 Å². The standard InChI is InChI=1S/C13H11NO3/c1-9-4-5-10(13(16)17)7-12(9)14-6-2-3-11(14)8-15/h2-8H,1H3,(H,16,17). The molecule has 1 N–H and O–H groups in total. The molecule has 0 bridgehead atoms. The van der Waals surface area contributed by atoms with Gasteiger partial charge in [0.25, 0.3) is 0 Å². The highest BCUT2D eigenvalue weighted by Crippen LogP contribution is 2.18. The van der Waals surface area contributed by atoms with Crippen molar-refractivity contribution in [3.05, 3.63) is 53.3 Å². The normalized spacial score (nSPS) is 10.2. The number of benzene rings is 1. The lowest BCUT2D eigenvalue weighted by atomic mass is 10.1. The SMILES string of the molecule is Cc1ccc(C(=O)O)cc1-n1cccc1C=O. The second-order valence-corrected chi connectivity index (χ2v) is 3.73. The average molecular weight is 229 g/mol. The van der Waals surface area contributed by atoms with Gasteiger partial charge in [-0.1, -0.05) is 6.07 Å². The zero-order valence-corrected chi connectivity index (χ0v) is 9.25. The molecule has 0 aliphatic heterocycles. The summed E-state index contributed by atoms with van der Waals surface area (Å²) in [4.78, 5) is 21.8. The van der Waals surface area contributed by atoms with Gasteiger partial charge in [-0.05, 0) is 36.8 Å². The fourth-order valence-electron chi connectivity index (χ4n) is 1.71. The molecule has 0 aliphatic carbocycles. The van der Waals surface area contributed by atoms with E-state index in [1.165, 1.54) is 0 Å². The van der Waals surface area contributed by atoms with Gasteiger partial charge in [0, 0.05) is 11.9 Å². The van der Waals surface area contributed by atoms with E-state index in [0.717, 1.165) is 11.8 Å². The van der Waals surface area contributed by atoms with Crippen molar-refractivity contribution in [3.63, 3.8) is 0 Å². The van der Waals surface area contributed by atoms with Crippen LogP contribution in [0.5, 0.6) is 0 Å². The first-order valence-corrected chi connectivity index (χ1v) is 5.10. The lowest BCUT2D eigenvalue weighted by molar-refractivity contribution is 0.0696. The Labute approximate surface area is 98.1 Å². The molecule has 1 aromatic carbocycles. The topological polar surface area (TPSA) is 59.3 Å². The lowest BCUT2D eigenvalue weighted by Gasteiger charge is -2.10. The molecule has 0 unspecified atom stereocenters. The molecular weight excluding hydrogens is 218 g/mol. The number of aldehydes is 1. The van der Waals surface area contributed by atoms with Crippen LogP contribution in [-0.2, 0) is 0 Å².